The van der Waals surface area contributed by atoms with E-state index in [-0.39, 0.29) is 17.9 Å². The fourth-order valence-corrected chi connectivity index (χ4v) is 2.55. The van der Waals surface area contributed by atoms with Crippen LogP contribution in [-0.4, -0.2) is 38.8 Å². The number of para-hydroxylation sites is 2. The molecule has 0 bridgehead atoms. The Labute approximate surface area is 155 Å². The maximum Gasteiger partial charge on any atom is 0.262 e. The molecule has 0 saturated heterocycles. The highest BCUT2D eigenvalue weighted by molar-refractivity contribution is 6.01. The zero-order valence-corrected chi connectivity index (χ0v) is 14.7. The number of nitrogens with one attached hydrogen (secondary N) is 1. The first-order chi connectivity index (χ1) is 13.1. The van der Waals surface area contributed by atoms with E-state index < -0.39 is 11.9 Å². The summed E-state index contributed by atoms with van der Waals surface area (Å²) in [6, 6.07) is 9.57. The van der Waals surface area contributed by atoms with E-state index in [2.05, 4.69) is 5.32 Å². The van der Waals surface area contributed by atoms with Crippen molar-refractivity contribution in [3.05, 3.63) is 42.0 Å². The van der Waals surface area contributed by atoms with Crippen LogP contribution in [-0.2, 0) is 4.79 Å². The Morgan fingerprint density at radius 1 is 1.11 bits per heavy atom. The molecule has 2 aromatic rings. The van der Waals surface area contributed by atoms with Gasteiger partial charge in [0.05, 0.1) is 32.0 Å². The summed E-state index contributed by atoms with van der Waals surface area (Å²) >= 11 is 0. The summed E-state index contributed by atoms with van der Waals surface area (Å²) in [5.41, 5.74) is -0.155. The van der Waals surface area contributed by atoms with E-state index in [0.29, 0.717) is 42.6 Å². The quantitative estimate of drug-likeness (QED) is 0.813. The van der Waals surface area contributed by atoms with Gasteiger partial charge in [0.2, 0.25) is 0 Å². The molecule has 2 aromatic carbocycles. The Kier molecular flexibility index (Phi) is 5.65. The molecule has 1 aliphatic rings. The summed E-state index contributed by atoms with van der Waals surface area (Å²) in [5.74, 6) is -0.442. The van der Waals surface area contributed by atoms with Gasteiger partial charge in [-0.15, -0.1) is 0 Å². The maximum absolute atomic E-state index is 12.2. The number of carbonyl (C=O) groups is 2. The molecule has 1 amide bonds. The second-order valence-electron chi connectivity index (χ2n) is 5.67. The van der Waals surface area contributed by atoms with Crippen LogP contribution in [0.25, 0.3) is 0 Å². The lowest BCUT2D eigenvalue weighted by Gasteiger charge is -2.16. The third kappa shape index (κ3) is 4.41. The van der Waals surface area contributed by atoms with Crippen molar-refractivity contribution < 1.29 is 33.6 Å². The summed E-state index contributed by atoms with van der Waals surface area (Å²) in [6.07, 6.45) is 0.670. The lowest BCUT2D eigenvalue weighted by atomic mass is 10.1. The summed E-state index contributed by atoms with van der Waals surface area (Å²) in [5, 5.41) is 13.9. The largest absolute Gasteiger partial charge is 0.545 e. The van der Waals surface area contributed by atoms with Crippen molar-refractivity contribution in [2.75, 3.05) is 32.2 Å². The predicted molar refractivity (Wildman–Crippen MR) is 93.5 cm³/mol. The van der Waals surface area contributed by atoms with Gasteiger partial charge >= 0.3 is 0 Å². The van der Waals surface area contributed by atoms with Crippen molar-refractivity contribution in [2.45, 2.75) is 6.42 Å². The molecule has 1 aliphatic heterocycles. The lowest BCUT2D eigenvalue weighted by Crippen LogP contribution is -2.26. The summed E-state index contributed by atoms with van der Waals surface area (Å²) < 4.78 is 21.6. The van der Waals surface area contributed by atoms with Gasteiger partial charge in [0.1, 0.15) is 0 Å². The van der Waals surface area contributed by atoms with E-state index in [1.807, 2.05) is 0 Å². The van der Waals surface area contributed by atoms with Crippen LogP contribution in [0.1, 0.15) is 16.8 Å². The molecule has 0 atom stereocenters. The minimum atomic E-state index is -1.44. The highest BCUT2D eigenvalue weighted by Crippen LogP contribution is 2.35. The number of fused-ring (bicyclic) bond motifs is 1. The van der Waals surface area contributed by atoms with Gasteiger partial charge in [-0.1, -0.05) is 12.1 Å². The van der Waals surface area contributed by atoms with E-state index in [4.69, 9.17) is 18.9 Å². The van der Waals surface area contributed by atoms with Crippen molar-refractivity contribution in [3.8, 4) is 23.0 Å². The second kappa shape index (κ2) is 8.31. The Bertz CT molecular complexity index is 850. The van der Waals surface area contributed by atoms with Gasteiger partial charge in [0.15, 0.2) is 29.6 Å². The number of rotatable bonds is 6. The number of aromatic carboxylic acids is 1. The molecule has 0 fully saturated rings. The number of carboxylic acids is 1. The number of hydrogen-bond acceptors (Lipinski definition) is 7. The third-order valence-corrected chi connectivity index (χ3v) is 3.81. The Morgan fingerprint density at radius 2 is 1.78 bits per heavy atom. The number of carbonyl (C=O) groups excluding carboxylic acids is 2. The molecule has 0 aliphatic carbocycles. The minimum absolute atomic E-state index is 0.0490. The molecule has 8 heteroatoms. The topological polar surface area (TPSA) is 106 Å². The minimum Gasteiger partial charge on any atom is -0.545 e. The summed E-state index contributed by atoms with van der Waals surface area (Å²) in [4.78, 5) is 23.7. The number of anilines is 1. The molecule has 1 N–H and O–H groups in total. The second-order valence-corrected chi connectivity index (χ2v) is 5.67. The van der Waals surface area contributed by atoms with Crippen molar-refractivity contribution >= 4 is 17.6 Å². The standard InChI is InChI=1S/C19H19NO7/c1-24-14-5-2-3-6-15(14)27-11-18(21)20-13-10-17-16(9-12(13)19(22)23)25-7-4-8-26-17/h2-3,5-6,9-10H,4,7-8,11H2,1H3,(H,20,21)(H,22,23)/p-1. The fourth-order valence-electron chi connectivity index (χ4n) is 2.55. The van der Waals surface area contributed by atoms with Crippen LogP contribution < -0.4 is 29.4 Å². The van der Waals surface area contributed by atoms with Crippen LogP contribution >= 0.6 is 0 Å². The van der Waals surface area contributed by atoms with E-state index >= 15 is 0 Å². The first kappa shape index (κ1) is 18.4. The number of carboxylic acid groups (broad SMARTS) is 1. The molecule has 27 heavy (non-hydrogen) atoms. The first-order valence-corrected chi connectivity index (χ1v) is 8.29. The number of ether oxygens (including phenoxy) is 4. The molecule has 0 unspecified atom stereocenters. The molecular weight excluding hydrogens is 354 g/mol. The van der Waals surface area contributed by atoms with Crippen LogP contribution in [0.2, 0.25) is 0 Å². The Hall–Kier alpha value is -3.42. The van der Waals surface area contributed by atoms with E-state index in [1.54, 1.807) is 24.3 Å². The van der Waals surface area contributed by atoms with Crippen LogP contribution in [0, 0.1) is 0 Å². The van der Waals surface area contributed by atoms with E-state index in [1.165, 1.54) is 19.2 Å². The molecule has 0 radical (unpaired) electrons. The van der Waals surface area contributed by atoms with Crippen LogP contribution in [0.15, 0.2) is 36.4 Å². The molecule has 1 heterocycles. The third-order valence-electron chi connectivity index (χ3n) is 3.81. The van der Waals surface area contributed by atoms with Crippen LogP contribution in [0.4, 0.5) is 5.69 Å². The Morgan fingerprint density at radius 3 is 2.44 bits per heavy atom. The predicted octanol–water partition coefficient (Wildman–Crippen LogP) is 1.24. The molecule has 3 rings (SSSR count). The van der Waals surface area contributed by atoms with Gasteiger partial charge in [-0.3, -0.25) is 4.79 Å². The zero-order chi connectivity index (χ0) is 19.2. The summed E-state index contributed by atoms with van der Waals surface area (Å²) in [6.45, 7) is 0.515. The average molecular weight is 372 g/mol. The summed E-state index contributed by atoms with van der Waals surface area (Å²) in [7, 11) is 1.49. The Balaban J connectivity index is 1.74. The van der Waals surface area contributed by atoms with Gasteiger partial charge < -0.3 is 34.2 Å². The number of methoxy groups -OCH3 is 1. The van der Waals surface area contributed by atoms with Crippen LogP contribution in [0.5, 0.6) is 23.0 Å². The number of amides is 1. The molecule has 8 nitrogen and oxygen atoms in total. The SMILES string of the molecule is COc1ccccc1OCC(=O)Nc1cc2c(cc1C(=O)[O-])OCCCO2. The molecular formula is C19H18NO7-. The maximum atomic E-state index is 12.2. The fraction of sp³-hybridized carbons (Fsp3) is 0.263. The van der Waals surface area contributed by atoms with Crippen molar-refractivity contribution in [2.24, 2.45) is 0 Å². The zero-order valence-electron chi connectivity index (χ0n) is 14.7. The van der Waals surface area contributed by atoms with E-state index in [9.17, 15) is 14.7 Å². The van der Waals surface area contributed by atoms with Crippen molar-refractivity contribution in [1.29, 1.82) is 0 Å². The lowest BCUT2D eigenvalue weighted by molar-refractivity contribution is -0.254. The smallest absolute Gasteiger partial charge is 0.262 e. The van der Waals surface area contributed by atoms with Gasteiger partial charge in [0, 0.05) is 18.1 Å². The average Bonchev–Trinajstić information content (AvgIpc) is 2.90. The monoisotopic (exact) mass is 372 g/mol. The van der Waals surface area contributed by atoms with Gasteiger partial charge in [-0.2, -0.15) is 0 Å². The van der Waals surface area contributed by atoms with E-state index in [0.717, 1.165) is 0 Å². The molecule has 0 saturated carbocycles. The first-order valence-electron chi connectivity index (χ1n) is 8.29. The van der Waals surface area contributed by atoms with Crippen molar-refractivity contribution in [3.63, 3.8) is 0 Å². The molecule has 142 valence electrons. The molecule has 0 aromatic heterocycles. The van der Waals surface area contributed by atoms with Gasteiger partial charge in [0.25, 0.3) is 5.91 Å². The van der Waals surface area contributed by atoms with Crippen LogP contribution in [0.3, 0.4) is 0 Å². The number of benzene rings is 2. The van der Waals surface area contributed by atoms with Gasteiger partial charge in [-0.05, 0) is 18.2 Å². The molecule has 0 spiro atoms. The highest BCUT2D eigenvalue weighted by atomic mass is 16.5. The highest BCUT2D eigenvalue weighted by Gasteiger charge is 2.17. The number of hydrogen-bond donors (Lipinski definition) is 1. The normalized spacial score (nSPS) is 12.6. The van der Waals surface area contributed by atoms with Gasteiger partial charge in [-0.25, -0.2) is 0 Å². The van der Waals surface area contributed by atoms with Crippen molar-refractivity contribution in [1.82, 2.24) is 0 Å².